The normalized spacial score (nSPS) is 13.8. The zero-order valence-electron chi connectivity index (χ0n) is 11.9. The van der Waals surface area contributed by atoms with E-state index in [1.807, 2.05) is 24.3 Å². The van der Waals surface area contributed by atoms with Gasteiger partial charge < -0.3 is 10.1 Å². The number of anilines is 2. The third-order valence-corrected chi connectivity index (χ3v) is 3.32. The third kappa shape index (κ3) is 3.18. The molecule has 0 unspecified atom stereocenters. The van der Waals surface area contributed by atoms with Crippen LogP contribution >= 0.6 is 0 Å². The van der Waals surface area contributed by atoms with Gasteiger partial charge in [0.1, 0.15) is 0 Å². The van der Waals surface area contributed by atoms with Gasteiger partial charge in [-0.15, -0.1) is 0 Å². The Morgan fingerprint density at radius 3 is 2.90 bits per heavy atom. The maximum Gasteiger partial charge on any atom is 0.359 e. The van der Waals surface area contributed by atoms with Crippen LogP contribution < -0.4 is 5.32 Å². The van der Waals surface area contributed by atoms with E-state index in [4.69, 9.17) is 4.74 Å². The Hall–Kier alpha value is -2.43. The number of hydrogen-bond donors (Lipinski definition) is 1. The van der Waals surface area contributed by atoms with Gasteiger partial charge in [0, 0.05) is 17.8 Å². The summed E-state index contributed by atoms with van der Waals surface area (Å²) in [5, 5.41) is 3.17. The highest BCUT2D eigenvalue weighted by atomic mass is 16.5. The summed E-state index contributed by atoms with van der Waals surface area (Å²) in [4.78, 5) is 20.7. The van der Waals surface area contributed by atoms with E-state index in [0.29, 0.717) is 23.9 Å². The van der Waals surface area contributed by atoms with Gasteiger partial charge >= 0.3 is 5.97 Å². The minimum atomic E-state index is -0.397. The molecule has 2 aromatic heterocycles. The average Bonchev–Trinajstić information content (AvgIpc) is 3.34. The molecule has 2 heterocycles. The fourth-order valence-electron chi connectivity index (χ4n) is 2.13. The van der Waals surface area contributed by atoms with Gasteiger partial charge in [0.25, 0.3) is 0 Å². The summed E-state index contributed by atoms with van der Waals surface area (Å²) >= 11 is 0. The molecule has 108 valence electrons. The van der Waals surface area contributed by atoms with Gasteiger partial charge in [-0.3, -0.25) is 4.98 Å². The Morgan fingerprint density at radius 2 is 2.24 bits per heavy atom. The van der Waals surface area contributed by atoms with Gasteiger partial charge in [0.05, 0.1) is 24.2 Å². The molecule has 1 aliphatic rings. The van der Waals surface area contributed by atoms with Gasteiger partial charge in [-0.2, -0.15) is 0 Å². The van der Waals surface area contributed by atoms with Gasteiger partial charge in [0.2, 0.25) is 0 Å². The van der Waals surface area contributed by atoms with Crippen LogP contribution in [-0.4, -0.2) is 22.5 Å². The Bertz CT molecular complexity index is 639. The zero-order valence-corrected chi connectivity index (χ0v) is 11.9. The van der Waals surface area contributed by atoms with Crippen molar-refractivity contribution in [1.29, 1.82) is 0 Å². The maximum absolute atomic E-state index is 12.1. The molecule has 1 N–H and O–H groups in total. The maximum atomic E-state index is 12.1. The van der Waals surface area contributed by atoms with Crippen LogP contribution in [0.3, 0.4) is 0 Å². The van der Waals surface area contributed by atoms with Crippen molar-refractivity contribution < 1.29 is 9.53 Å². The molecule has 5 heteroatoms. The molecule has 0 atom stereocenters. The number of hydrogen-bond acceptors (Lipinski definition) is 5. The first-order valence-corrected chi connectivity index (χ1v) is 7.13. The first-order valence-electron chi connectivity index (χ1n) is 7.13. The van der Waals surface area contributed by atoms with Gasteiger partial charge in [0.15, 0.2) is 5.69 Å². The van der Waals surface area contributed by atoms with E-state index >= 15 is 0 Å². The molecule has 1 aliphatic carbocycles. The second-order valence-electron chi connectivity index (χ2n) is 4.99. The molecule has 0 spiro atoms. The molecule has 0 saturated heterocycles. The fourth-order valence-corrected chi connectivity index (χ4v) is 2.13. The van der Waals surface area contributed by atoms with Crippen molar-refractivity contribution in [3.63, 3.8) is 0 Å². The summed E-state index contributed by atoms with van der Waals surface area (Å²) in [7, 11) is 0. The molecule has 0 aliphatic heterocycles. The van der Waals surface area contributed by atoms with Gasteiger partial charge in [-0.1, -0.05) is 0 Å². The number of ether oxygens (including phenoxy) is 1. The largest absolute Gasteiger partial charge is 0.461 e. The summed E-state index contributed by atoms with van der Waals surface area (Å²) in [5.74, 6) is 0.0945. The van der Waals surface area contributed by atoms with Gasteiger partial charge in [-0.25, -0.2) is 9.78 Å². The van der Waals surface area contributed by atoms with E-state index in [9.17, 15) is 4.79 Å². The van der Waals surface area contributed by atoms with Crippen molar-refractivity contribution in [2.24, 2.45) is 0 Å². The summed E-state index contributed by atoms with van der Waals surface area (Å²) in [6.07, 6.45) is 5.69. The second kappa shape index (κ2) is 5.91. The molecular weight excluding hydrogens is 266 g/mol. The first kappa shape index (κ1) is 13.5. The van der Waals surface area contributed by atoms with Gasteiger partial charge in [-0.05, 0) is 44.0 Å². The molecule has 0 bridgehead atoms. The Balaban J connectivity index is 1.92. The number of aromatic nitrogens is 2. The Kier molecular flexibility index (Phi) is 3.81. The smallest absolute Gasteiger partial charge is 0.359 e. The van der Waals surface area contributed by atoms with Crippen molar-refractivity contribution in [2.75, 3.05) is 11.9 Å². The summed E-state index contributed by atoms with van der Waals surface area (Å²) in [6, 6.07) is 7.58. The quantitative estimate of drug-likeness (QED) is 0.853. The minimum absolute atomic E-state index is 0.334. The zero-order chi connectivity index (χ0) is 14.7. The number of carbonyl (C=O) groups excluding carboxylic acids is 1. The van der Waals surface area contributed by atoms with E-state index in [0.717, 1.165) is 24.2 Å². The molecule has 0 aromatic carbocycles. The SMILES string of the molecule is CCOC(=O)c1nc(C2CC2)ccc1Nc1cccnc1. The van der Waals surface area contributed by atoms with E-state index in [-0.39, 0.29) is 0 Å². The number of nitrogens with one attached hydrogen (secondary N) is 1. The Labute approximate surface area is 123 Å². The highest BCUT2D eigenvalue weighted by Gasteiger charge is 2.27. The van der Waals surface area contributed by atoms with Crippen LogP contribution in [0.2, 0.25) is 0 Å². The number of pyridine rings is 2. The molecule has 2 aromatic rings. The lowest BCUT2D eigenvalue weighted by molar-refractivity contribution is 0.0520. The predicted octanol–water partition coefficient (Wildman–Crippen LogP) is 3.27. The van der Waals surface area contributed by atoms with E-state index in [1.54, 1.807) is 19.3 Å². The predicted molar refractivity (Wildman–Crippen MR) is 79.7 cm³/mol. The number of nitrogens with zero attached hydrogens (tertiary/aromatic N) is 2. The van der Waals surface area contributed by atoms with Crippen LogP contribution in [0.5, 0.6) is 0 Å². The Morgan fingerprint density at radius 1 is 1.38 bits per heavy atom. The lowest BCUT2D eigenvalue weighted by Crippen LogP contribution is -2.11. The fraction of sp³-hybridized carbons (Fsp3) is 0.312. The van der Waals surface area contributed by atoms with Crippen molar-refractivity contribution >= 4 is 17.3 Å². The highest BCUT2D eigenvalue weighted by Crippen LogP contribution is 2.39. The molecule has 21 heavy (non-hydrogen) atoms. The van der Waals surface area contributed by atoms with Crippen LogP contribution in [-0.2, 0) is 4.74 Å². The lowest BCUT2D eigenvalue weighted by atomic mass is 10.2. The first-order chi connectivity index (χ1) is 10.3. The standard InChI is InChI=1S/C16H17N3O2/c1-2-21-16(20)15-14(18-12-4-3-9-17-10-12)8-7-13(19-15)11-5-6-11/h3-4,7-11,18H,2,5-6H2,1H3. The topological polar surface area (TPSA) is 64.1 Å². The number of carbonyl (C=O) groups is 1. The number of esters is 1. The van der Waals surface area contributed by atoms with Crippen LogP contribution in [0, 0.1) is 0 Å². The summed E-state index contributed by atoms with van der Waals surface area (Å²) in [6.45, 7) is 2.12. The van der Waals surface area contributed by atoms with E-state index < -0.39 is 5.97 Å². The van der Waals surface area contributed by atoms with Crippen LogP contribution in [0.1, 0.15) is 41.9 Å². The highest BCUT2D eigenvalue weighted by molar-refractivity contribution is 5.94. The van der Waals surface area contributed by atoms with Crippen LogP contribution in [0.25, 0.3) is 0 Å². The van der Waals surface area contributed by atoms with Crippen molar-refractivity contribution in [1.82, 2.24) is 9.97 Å². The molecule has 0 amide bonds. The van der Waals surface area contributed by atoms with E-state index in [2.05, 4.69) is 15.3 Å². The molecule has 1 fully saturated rings. The molecular formula is C16H17N3O2. The molecule has 0 radical (unpaired) electrons. The molecule has 3 rings (SSSR count). The monoisotopic (exact) mass is 283 g/mol. The summed E-state index contributed by atoms with van der Waals surface area (Å²) in [5.41, 5.74) is 2.76. The third-order valence-electron chi connectivity index (χ3n) is 3.32. The van der Waals surface area contributed by atoms with Crippen LogP contribution in [0.15, 0.2) is 36.7 Å². The second-order valence-corrected chi connectivity index (χ2v) is 4.99. The molecule has 1 saturated carbocycles. The minimum Gasteiger partial charge on any atom is -0.461 e. The van der Waals surface area contributed by atoms with Crippen molar-refractivity contribution in [2.45, 2.75) is 25.7 Å². The summed E-state index contributed by atoms with van der Waals surface area (Å²) < 4.78 is 5.10. The van der Waals surface area contributed by atoms with Crippen LogP contribution in [0.4, 0.5) is 11.4 Å². The van der Waals surface area contributed by atoms with Crippen molar-refractivity contribution in [3.8, 4) is 0 Å². The molecule has 5 nitrogen and oxygen atoms in total. The average molecular weight is 283 g/mol. The van der Waals surface area contributed by atoms with Crippen molar-refractivity contribution in [3.05, 3.63) is 48.0 Å². The van der Waals surface area contributed by atoms with E-state index in [1.165, 1.54) is 0 Å². The lowest BCUT2D eigenvalue weighted by Gasteiger charge is -2.11. The number of rotatable bonds is 5.